The zero-order valence-corrected chi connectivity index (χ0v) is 16.7. The lowest BCUT2D eigenvalue weighted by molar-refractivity contribution is -0.125. The first-order valence-electron chi connectivity index (χ1n) is 8.36. The van der Waals surface area contributed by atoms with E-state index < -0.39 is 6.04 Å². The lowest BCUT2D eigenvalue weighted by atomic mass is 10.1. The van der Waals surface area contributed by atoms with Crippen LogP contribution in [0.25, 0.3) is 0 Å². The second kappa shape index (κ2) is 10.8. The molecule has 146 valence electrons. The number of carbonyl (C=O) groups excluding carboxylic acids is 3. The van der Waals surface area contributed by atoms with Crippen molar-refractivity contribution >= 4 is 35.8 Å². The Bertz CT molecular complexity index is 647. The van der Waals surface area contributed by atoms with Gasteiger partial charge in [-0.3, -0.25) is 14.4 Å². The van der Waals surface area contributed by atoms with Crippen LogP contribution in [0, 0.1) is 12.8 Å². The van der Waals surface area contributed by atoms with Crippen LogP contribution in [0.4, 0.5) is 5.69 Å². The van der Waals surface area contributed by atoms with Gasteiger partial charge in [0.25, 0.3) is 5.91 Å². The van der Waals surface area contributed by atoms with Crippen molar-refractivity contribution in [2.75, 3.05) is 11.9 Å². The summed E-state index contributed by atoms with van der Waals surface area (Å²) in [6, 6.07) is 4.44. The molecule has 1 aromatic carbocycles. The summed E-state index contributed by atoms with van der Waals surface area (Å²) in [5.41, 5.74) is 7.59. The van der Waals surface area contributed by atoms with E-state index in [0.717, 1.165) is 5.56 Å². The minimum absolute atomic E-state index is 0. The quantitative estimate of drug-likeness (QED) is 0.571. The van der Waals surface area contributed by atoms with E-state index in [9.17, 15) is 14.4 Å². The number of rotatable bonds is 7. The molecule has 1 rings (SSSR count). The number of hydrogen-bond acceptors (Lipinski definition) is 4. The van der Waals surface area contributed by atoms with E-state index in [-0.39, 0.29) is 48.6 Å². The Hall–Kier alpha value is -2.12. The van der Waals surface area contributed by atoms with Crippen molar-refractivity contribution in [3.63, 3.8) is 0 Å². The Kier molecular flexibility index (Phi) is 9.90. The van der Waals surface area contributed by atoms with Gasteiger partial charge in [0.05, 0.1) is 12.6 Å². The van der Waals surface area contributed by atoms with Crippen LogP contribution in [0.5, 0.6) is 0 Å². The van der Waals surface area contributed by atoms with Crippen LogP contribution in [0.1, 0.15) is 43.6 Å². The number of carbonyl (C=O) groups is 3. The third-order valence-corrected chi connectivity index (χ3v) is 3.62. The molecule has 0 bridgehead atoms. The summed E-state index contributed by atoms with van der Waals surface area (Å²) < 4.78 is 0. The second-order valence-electron chi connectivity index (χ2n) is 6.69. The summed E-state index contributed by atoms with van der Waals surface area (Å²) in [5.74, 6) is -0.874. The van der Waals surface area contributed by atoms with Crippen molar-refractivity contribution in [1.29, 1.82) is 0 Å². The average Bonchev–Trinajstić information content (AvgIpc) is 2.50. The van der Waals surface area contributed by atoms with E-state index >= 15 is 0 Å². The van der Waals surface area contributed by atoms with E-state index in [1.54, 1.807) is 25.1 Å². The van der Waals surface area contributed by atoms with Gasteiger partial charge in [-0.15, -0.1) is 12.4 Å². The van der Waals surface area contributed by atoms with Crippen LogP contribution >= 0.6 is 12.4 Å². The predicted molar refractivity (Wildman–Crippen MR) is 105 cm³/mol. The molecule has 0 saturated heterocycles. The summed E-state index contributed by atoms with van der Waals surface area (Å²) in [7, 11) is 0. The highest BCUT2D eigenvalue weighted by atomic mass is 35.5. The molecule has 0 spiro atoms. The Morgan fingerprint density at radius 1 is 1.12 bits per heavy atom. The molecule has 0 fully saturated rings. The number of hydrogen-bond donors (Lipinski definition) is 4. The molecule has 0 unspecified atom stereocenters. The van der Waals surface area contributed by atoms with Crippen molar-refractivity contribution in [3.05, 3.63) is 29.3 Å². The van der Waals surface area contributed by atoms with Crippen LogP contribution < -0.4 is 21.7 Å². The molecule has 1 atom stereocenters. The Morgan fingerprint density at radius 2 is 1.73 bits per heavy atom. The Balaban J connectivity index is 0.00000625. The van der Waals surface area contributed by atoms with Crippen LogP contribution in [0.3, 0.4) is 0 Å². The summed E-state index contributed by atoms with van der Waals surface area (Å²) in [4.78, 5) is 35.7. The molecule has 8 heteroatoms. The maximum Gasteiger partial charge on any atom is 0.251 e. The highest BCUT2D eigenvalue weighted by Crippen LogP contribution is 2.15. The van der Waals surface area contributed by atoms with Gasteiger partial charge in [-0.05, 0) is 50.5 Å². The third kappa shape index (κ3) is 7.41. The lowest BCUT2D eigenvalue weighted by Crippen LogP contribution is -2.46. The molecule has 0 aromatic heterocycles. The summed E-state index contributed by atoms with van der Waals surface area (Å²) in [6.07, 6.45) is 0. The van der Waals surface area contributed by atoms with Crippen molar-refractivity contribution < 1.29 is 14.4 Å². The minimum Gasteiger partial charge on any atom is -0.350 e. The van der Waals surface area contributed by atoms with Gasteiger partial charge in [-0.25, -0.2) is 0 Å². The van der Waals surface area contributed by atoms with Gasteiger partial charge in [-0.1, -0.05) is 13.8 Å². The van der Waals surface area contributed by atoms with E-state index in [1.165, 1.54) is 0 Å². The molecule has 1 aromatic rings. The largest absolute Gasteiger partial charge is 0.350 e. The number of amides is 3. The SMILES string of the molecule is Cc1cc(NC(=O)CNC(=O)[C@@H](N)C(C)C)ccc1C(=O)NC(C)C.Cl. The molecule has 26 heavy (non-hydrogen) atoms. The fraction of sp³-hybridized carbons (Fsp3) is 0.500. The fourth-order valence-electron chi connectivity index (χ4n) is 2.13. The van der Waals surface area contributed by atoms with Gasteiger partial charge in [0.15, 0.2) is 0 Å². The van der Waals surface area contributed by atoms with Crippen LogP contribution in [0.15, 0.2) is 18.2 Å². The Morgan fingerprint density at radius 3 is 2.23 bits per heavy atom. The number of anilines is 1. The van der Waals surface area contributed by atoms with Gasteiger partial charge in [-0.2, -0.15) is 0 Å². The van der Waals surface area contributed by atoms with E-state index in [0.29, 0.717) is 11.3 Å². The van der Waals surface area contributed by atoms with Crippen molar-refractivity contribution in [2.45, 2.75) is 46.7 Å². The number of aryl methyl sites for hydroxylation is 1. The zero-order chi connectivity index (χ0) is 19.1. The molecular formula is C18H29ClN4O3. The van der Waals surface area contributed by atoms with Gasteiger partial charge < -0.3 is 21.7 Å². The fourth-order valence-corrected chi connectivity index (χ4v) is 2.13. The van der Waals surface area contributed by atoms with Gasteiger partial charge in [0.2, 0.25) is 11.8 Å². The van der Waals surface area contributed by atoms with E-state index in [2.05, 4.69) is 16.0 Å². The molecule has 7 nitrogen and oxygen atoms in total. The normalized spacial score (nSPS) is 11.5. The first-order chi connectivity index (χ1) is 11.6. The van der Waals surface area contributed by atoms with Crippen molar-refractivity contribution in [1.82, 2.24) is 10.6 Å². The molecule has 0 aliphatic rings. The number of nitrogens with one attached hydrogen (secondary N) is 3. The molecule has 0 aliphatic carbocycles. The molecule has 0 aliphatic heterocycles. The monoisotopic (exact) mass is 384 g/mol. The standard InChI is InChI=1S/C18H28N4O3.ClH/c1-10(2)16(19)18(25)20-9-15(23)22-13-6-7-14(12(5)8-13)17(24)21-11(3)4;/h6-8,10-11,16H,9,19H2,1-5H3,(H,20,25)(H,21,24)(H,22,23);1H/t16-;/m0./s1. The number of benzene rings is 1. The smallest absolute Gasteiger partial charge is 0.251 e. The summed E-state index contributed by atoms with van der Waals surface area (Å²) in [6.45, 7) is 9.10. The topological polar surface area (TPSA) is 113 Å². The van der Waals surface area contributed by atoms with Gasteiger partial charge in [0.1, 0.15) is 0 Å². The third-order valence-electron chi connectivity index (χ3n) is 3.62. The zero-order valence-electron chi connectivity index (χ0n) is 15.9. The average molecular weight is 385 g/mol. The highest BCUT2D eigenvalue weighted by Gasteiger charge is 2.17. The maximum atomic E-state index is 12.0. The molecule has 0 radical (unpaired) electrons. The second-order valence-corrected chi connectivity index (χ2v) is 6.69. The van der Waals surface area contributed by atoms with Gasteiger partial charge in [0, 0.05) is 17.3 Å². The minimum atomic E-state index is -0.645. The lowest BCUT2D eigenvalue weighted by Gasteiger charge is -2.15. The van der Waals surface area contributed by atoms with E-state index in [4.69, 9.17) is 5.73 Å². The van der Waals surface area contributed by atoms with Crippen LogP contribution in [-0.4, -0.2) is 36.3 Å². The number of halogens is 1. The predicted octanol–water partition coefficient (Wildman–Crippen LogP) is 1.59. The first kappa shape index (κ1) is 23.9. The first-order valence-corrected chi connectivity index (χ1v) is 8.36. The van der Waals surface area contributed by atoms with Crippen LogP contribution in [-0.2, 0) is 9.59 Å². The Labute approximate surface area is 160 Å². The number of nitrogens with two attached hydrogens (primary N) is 1. The van der Waals surface area contributed by atoms with Crippen LogP contribution in [0.2, 0.25) is 0 Å². The van der Waals surface area contributed by atoms with E-state index in [1.807, 2.05) is 27.7 Å². The van der Waals surface area contributed by atoms with Crippen molar-refractivity contribution in [3.8, 4) is 0 Å². The maximum absolute atomic E-state index is 12.0. The van der Waals surface area contributed by atoms with Crippen molar-refractivity contribution in [2.24, 2.45) is 11.7 Å². The molecule has 0 saturated carbocycles. The molecule has 0 heterocycles. The molecular weight excluding hydrogens is 356 g/mol. The van der Waals surface area contributed by atoms with Gasteiger partial charge >= 0.3 is 0 Å². The highest BCUT2D eigenvalue weighted by molar-refractivity contribution is 5.98. The molecule has 3 amide bonds. The summed E-state index contributed by atoms with van der Waals surface area (Å²) in [5, 5.41) is 8.02. The summed E-state index contributed by atoms with van der Waals surface area (Å²) >= 11 is 0. The molecule has 5 N–H and O–H groups in total.